The molecule has 1 saturated carbocycles. The highest BCUT2D eigenvalue weighted by atomic mass is 16.5. The van der Waals surface area contributed by atoms with Gasteiger partial charge in [-0.1, -0.05) is 37.5 Å². The van der Waals surface area contributed by atoms with Crippen LogP contribution < -0.4 is 4.90 Å². The van der Waals surface area contributed by atoms with Gasteiger partial charge in [-0.25, -0.2) is 14.6 Å². The first-order chi connectivity index (χ1) is 16.5. The van der Waals surface area contributed by atoms with E-state index in [1.54, 1.807) is 17.0 Å². The Bertz CT molecular complexity index is 1240. The molecule has 1 N–H and O–H groups in total. The van der Waals surface area contributed by atoms with E-state index < -0.39 is 5.97 Å². The number of nitrogens with zero attached hydrogens (tertiary/aromatic N) is 3. The summed E-state index contributed by atoms with van der Waals surface area (Å²) in [7, 11) is 1.41. The number of anilines is 1. The Labute approximate surface area is 199 Å². The highest BCUT2D eigenvalue weighted by molar-refractivity contribution is 5.95. The molecular weight excluding hydrogens is 430 g/mol. The molecule has 178 valence electrons. The Kier molecular flexibility index (Phi) is 6.02. The molecule has 0 bridgehead atoms. The lowest BCUT2D eigenvalue weighted by Crippen LogP contribution is -2.42. The molecule has 0 spiro atoms. The third-order valence-electron chi connectivity index (χ3n) is 7.44. The van der Waals surface area contributed by atoms with Gasteiger partial charge in [0.25, 0.3) is 0 Å². The van der Waals surface area contributed by atoms with Crippen molar-refractivity contribution in [3.05, 3.63) is 58.9 Å². The van der Waals surface area contributed by atoms with Crippen molar-refractivity contribution < 1.29 is 19.4 Å². The van der Waals surface area contributed by atoms with Crippen molar-refractivity contribution in [2.75, 3.05) is 12.0 Å². The van der Waals surface area contributed by atoms with Crippen LogP contribution in [0.15, 0.2) is 36.4 Å². The number of aromatic carboxylic acids is 1. The highest BCUT2D eigenvalue weighted by Crippen LogP contribution is 2.39. The number of imidazole rings is 1. The first-order valence-corrected chi connectivity index (χ1v) is 12.2. The predicted molar refractivity (Wildman–Crippen MR) is 131 cm³/mol. The average Bonchev–Trinajstić information content (AvgIpc) is 3.22. The van der Waals surface area contributed by atoms with E-state index in [2.05, 4.69) is 10.6 Å². The van der Waals surface area contributed by atoms with Gasteiger partial charge in [0.2, 0.25) is 0 Å². The Hall–Kier alpha value is -3.35. The standard InChI is InChI=1S/C27H31N3O4/c1-17-12-13-21-22(29(17)27(33)34-2)14-15-23-25(21)28-24(30(23)19-9-4-3-5-10-19)16-18-8-6-7-11-20(18)26(31)32/h6-8,11,14-15,17,19H,3-5,9-10,12-13,16H2,1-2H3,(H,31,32)/t17-/m0/s1. The third-order valence-corrected chi connectivity index (χ3v) is 7.44. The van der Waals surface area contributed by atoms with Gasteiger partial charge < -0.3 is 14.4 Å². The maximum atomic E-state index is 12.6. The summed E-state index contributed by atoms with van der Waals surface area (Å²) in [5, 5.41) is 9.71. The number of hydrogen-bond acceptors (Lipinski definition) is 4. The van der Waals surface area contributed by atoms with E-state index in [0.717, 1.165) is 59.4 Å². The Morgan fingerprint density at radius 1 is 1.09 bits per heavy atom. The number of aromatic nitrogens is 2. The quantitative estimate of drug-likeness (QED) is 0.536. The summed E-state index contributed by atoms with van der Waals surface area (Å²) in [6.07, 6.45) is 7.62. The Morgan fingerprint density at radius 2 is 1.85 bits per heavy atom. The molecule has 7 heteroatoms. The van der Waals surface area contributed by atoms with Crippen molar-refractivity contribution in [1.82, 2.24) is 9.55 Å². The fraction of sp³-hybridized carbons (Fsp3) is 0.444. The van der Waals surface area contributed by atoms with Crippen LogP contribution in [0.4, 0.5) is 10.5 Å². The molecule has 2 aromatic carbocycles. The maximum Gasteiger partial charge on any atom is 0.414 e. The van der Waals surface area contributed by atoms with Crippen LogP contribution in [0.1, 0.15) is 78.8 Å². The van der Waals surface area contributed by atoms with Crippen LogP contribution in [0.2, 0.25) is 0 Å². The Balaban J connectivity index is 1.67. The summed E-state index contributed by atoms with van der Waals surface area (Å²) in [6, 6.07) is 11.7. The van der Waals surface area contributed by atoms with Gasteiger partial charge in [0, 0.05) is 24.1 Å². The number of hydrogen-bond donors (Lipinski definition) is 1. The number of carbonyl (C=O) groups excluding carboxylic acids is 1. The number of benzene rings is 2. The molecule has 0 unspecified atom stereocenters. The van der Waals surface area contributed by atoms with E-state index >= 15 is 0 Å². The van der Waals surface area contributed by atoms with Crippen LogP contribution in [-0.2, 0) is 17.6 Å². The minimum absolute atomic E-state index is 0.0553. The van der Waals surface area contributed by atoms with Gasteiger partial charge in [-0.3, -0.25) is 4.90 Å². The minimum atomic E-state index is -0.920. The molecule has 3 aromatic rings. The van der Waals surface area contributed by atoms with Crippen molar-refractivity contribution in [3.8, 4) is 0 Å². The second-order valence-corrected chi connectivity index (χ2v) is 9.49. The smallest absolute Gasteiger partial charge is 0.414 e. The van der Waals surface area contributed by atoms with E-state index in [9.17, 15) is 14.7 Å². The van der Waals surface area contributed by atoms with Crippen LogP contribution in [0, 0.1) is 0 Å². The lowest BCUT2D eigenvalue weighted by Gasteiger charge is -2.34. The zero-order chi connectivity index (χ0) is 23.8. The largest absolute Gasteiger partial charge is 0.478 e. The molecular formula is C27H31N3O4. The minimum Gasteiger partial charge on any atom is -0.478 e. The molecule has 1 atom stereocenters. The van der Waals surface area contributed by atoms with E-state index in [-0.39, 0.29) is 12.1 Å². The fourth-order valence-corrected chi connectivity index (χ4v) is 5.75. The molecule has 1 aliphatic carbocycles. The van der Waals surface area contributed by atoms with E-state index in [1.807, 2.05) is 25.1 Å². The first kappa shape index (κ1) is 22.4. The summed E-state index contributed by atoms with van der Waals surface area (Å²) < 4.78 is 7.43. The summed E-state index contributed by atoms with van der Waals surface area (Å²) in [5.74, 6) is -0.0248. The van der Waals surface area contributed by atoms with Gasteiger partial charge in [-0.2, -0.15) is 0 Å². The zero-order valence-corrected chi connectivity index (χ0v) is 19.8. The van der Waals surface area contributed by atoms with E-state index in [4.69, 9.17) is 9.72 Å². The number of aryl methyl sites for hydroxylation is 1. The molecule has 1 fully saturated rings. The molecule has 0 radical (unpaired) electrons. The number of fused-ring (bicyclic) bond motifs is 3. The van der Waals surface area contributed by atoms with Crippen molar-refractivity contribution in [3.63, 3.8) is 0 Å². The molecule has 2 heterocycles. The second kappa shape index (κ2) is 9.12. The molecule has 2 aliphatic rings. The fourth-order valence-electron chi connectivity index (χ4n) is 5.75. The molecule has 34 heavy (non-hydrogen) atoms. The number of carbonyl (C=O) groups is 2. The van der Waals surface area contributed by atoms with Crippen LogP contribution in [0.25, 0.3) is 11.0 Å². The summed E-state index contributed by atoms with van der Waals surface area (Å²) >= 11 is 0. The average molecular weight is 462 g/mol. The van der Waals surface area contributed by atoms with Crippen LogP contribution in [0.3, 0.4) is 0 Å². The predicted octanol–water partition coefficient (Wildman–Crippen LogP) is 5.74. The van der Waals surface area contributed by atoms with Gasteiger partial charge in [0.05, 0.1) is 29.4 Å². The summed E-state index contributed by atoms with van der Waals surface area (Å²) in [5.41, 5.74) is 5.02. The van der Waals surface area contributed by atoms with Gasteiger partial charge in [0.1, 0.15) is 5.82 Å². The van der Waals surface area contributed by atoms with Crippen LogP contribution in [0.5, 0.6) is 0 Å². The monoisotopic (exact) mass is 461 g/mol. The van der Waals surface area contributed by atoms with Crippen molar-refractivity contribution in [1.29, 1.82) is 0 Å². The molecule has 0 saturated heterocycles. The number of carboxylic acids is 1. The lowest BCUT2D eigenvalue weighted by atomic mass is 9.94. The van der Waals surface area contributed by atoms with E-state index in [1.165, 1.54) is 26.4 Å². The number of ether oxygens (including phenoxy) is 1. The van der Waals surface area contributed by atoms with Crippen molar-refractivity contribution in [2.45, 2.75) is 70.4 Å². The molecule has 5 rings (SSSR count). The maximum absolute atomic E-state index is 12.6. The van der Waals surface area contributed by atoms with Gasteiger partial charge in [0.15, 0.2) is 0 Å². The molecule has 7 nitrogen and oxygen atoms in total. The number of methoxy groups -OCH3 is 1. The number of carboxylic acid groups (broad SMARTS) is 1. The number of rotatable bonds is 4. The zero-order valence-electron chi connectivity index (χ0n) is 19.8. The summed E-state index contributed by atoms with van der Waals surface area (Å²) in [6.45, 7) is 2.04. The topological polar surface area (TPSA) is 84.7 Å². The molecule has 1 aliphatic heterocycles. The van der Waals surface area contributed by atoms with Crippen LogP contribution >= 0.6 is 0 Å². The first-order valence-electron chi connectivity index (χ1n) is 12.2. The lowest BCUT2D eigenvalue weighted by molar-refractivity contribution is 0.0695. The van der Waals surface area contributed by atoms with Crippen LogP contribution in [-0.4, -0.2) is 39.9 Å². The Morgan fingerprint density at radius 3 is 2.59 bits per heavy atom. The number of amides is 1. The van der Waals surface area contributed by atoms with Gasteiger partial charge in [-0.05, 0) is 56.4 Å². The third kappa shape index (κ3) is 3.83. The van der Waals surface area contributed by atoms with Crippen molar-refractivity contribution >= 4 is 28.8 Å². The van der Waals surface area contributed by atoms with E-state index in [0.29, 0.717) is 18.0 Å². The molecule has 1 amide bonds. The normalized spacial score (nSPS) is 18.6. The highest BCUT2D eigenvalue weighted by Gasteiger charge is 2.32. The van der Waals surface area contributed by atoms with Gasteiger partial charge in [-0.15, -0.1) is 0 Å². The SMILES string of the molecule is COC(=O)N1c2ccc3c(nc(Cc4ccccc4C(=O)O)n3C3CCCCC3)c2CC[C@@H]1C. The molecule has 1 aromatic heterocycles. The van der Waals surface area contributed by atoms with Crippen molar-refractivity contribution in [2.24, 2.45) is 0 Å². The summed E-state index contributed by atoms with van der Waals surface area (Å²) in [4.78, 5) is 31.3. The second-order valence-electron chi connectivity index (χ2n) is 9.49. The van der Waals surface area contributed by atoms with Gasteiger partial charge >= 0.3 is 12.1 Å².